The molecule has 6 heteroatoms. The Bertz CT molecular complexity index is 599. The van der Waals surface area contributed by atoms with Gasteiger partial charge in [0.05, 0.1) is 10.0 Å². The Morgan fingerprint density at radius 3 is 2.57 bits per heavy atom. The summed E-state index contributed by atoms with van der Waals surface area (Å²) in [5, 5.41) is 13.9. The van der Waals surface area contributed by atoms with Crippen LogP contribution in [0.2, 0.25) is 10.0 Å². The summed E-state index contributed by atoms with van der Waals surface area (Å²) in [4.78, 5) is 13.9. The Kier molecular flexibility index (Phi) is 5.04. The van der Waals surface area contributed by atoms with Crippen LogP contribution in [0.5, 0.6) is 5.75 Å². The summed E-state index contributed by atoms with van der Waals surface area (Å²) in [6.45, 7) is 3.43. The second-order valence-electron chi connectivity index (χ2n) is 6.77. The first kappa shape index (κ1) is 16.9. The van der Waals surface area contributed by atoms with Crippen LogP contribution in [-0.4, -0.2) is 35.5 Å². The molecule has 0 unspecified atom stereocenters. The number of carbonyl (C=O) groups is 1. The molecule has 2 saturated heterocycles. The van der Waals surface area contributed by atoms with E-state index in [1.54, 1.807) is 6.07 Å². The summed E-state index contributed by atoms with van der Waals surface area (Å²) in [6.07, 6.45) is 4.91. The zero-order chi connectivity index (χ0) is 16.4. The average molecular weight is 357 g/mol. The lowest BCUT2D eigenvalue weighted by molar-refractivity contribution is -0.121. The normalized spacial score (nSPS) is 21.9. The highest BCUT2D eigenvalue weighted by Gasteiger charge is 2.36. The SMILES string of the molecule is O=C1CCC2(CCN1)CCN(Cc1cc(Cl)c(Cl)cc1O)CC2. The molecular formula is C17H22Cl2N2O2. The van der Waals surface area contributed by atoms with E-state index >= 15 is 0 Å². The summed E-state index contributed by atoms with van der Waals surface area (Å²) >= 11 is 12.0. The number of amides is 1. The first-order chi connectivity index (χ1) is 11.0. The number of benzene rings is 1. The summed E-state index contributed by atoms with van der Waals surface area (Å²) in [5.74, 6) is 0.383. The number of phenolic OH excluding ortho intramolecular Hbond substituents is 1. The minimum absolute atomic E-state index is 0.185. The summed E-state index contributed by atoms with van der Waals surface area (Å²) < 4.78 is 0. The minimum Gasteiger partial charge on any atom is -0.508 e. The van der Waals surface area contributed by atoms with Crippen LogP contribution in [0.25, 0.3) is 0 Å². The van der Waals surface area contributed by atoms with Crippen molar-refractivity contribution >= 4 is 29.1 Å². The van der Waals surface area contributed by atoms with E-state index in [0.717, 1.165) is 50.9 Å². The first-order valence-corrected chi connectivity index (χ1v) is 8.89. The minimum atomic E-state index is 0.185. The molecule has 0 atom stereocenters. The van der Waals surface area contributed by atoms with Crippen LogP contribution in [0.1, 0.15) is 37.7 Å². The van der Waals surface area contributed by atoms with Gasteiger partial charge in [0.15, 0.2) is 0 Å². The van der Waals surface area contributed by atoms with Crippen LogP contribution < -0.4 is 5.32 Å². The predicted octanol–water partition coefficient (Wildman–Crippen LogP) is 3.58. The fourth-order valence-electron chi connectivity index (χ4n) is 3.69. The molecule has 126 valence electrons. The highest BCUT2D eigenvalue weighted by molar-refractivity contribution is 6.42. The van der Waals surface area contributed by atoms with Gasteiger partial charge in [0.25, 0.3) is 0 Å². The number of rotatable bonds is 2. The van der Waals surface area contributed by atoms with Crippen molar-refractivity contribution < 1.29 is 9.90 Å². The summed E-state index contributed by atoms with van der Waals surface area (Å²) in [6, 6.07) is 3.26. The van der Waals surface area contributed by atoms with E-state index in [1.165, 1.54) is 6.07 Å². The monoisotopic (exact) mass is 356 g/mol. The fourth-order valence-corrected chi connectivity index (χ4v) is 4.03. The van der Waals surface area contributed by atoms with Gasteiger partial charge in [0, 0.05) is 31.1 Å². The molecule has 2 aliphatic rings. The third kappa shape index (κ3) is 3.93. The number of hydrogen-bond acceptors (Lipinski definition) is 3. The zero-order valence-electron chi connectivity index (χ0n) is 13.1. The fraction of sp³-hybridized carbons (Fsp3) is 0.588. The van der Waals surface area contributed by atoms with Gasteiger partial charge >= 0.3 is 0 Å². The van der Waals surface area contributed by atoms with Gasteiger partial charge in [-0.05, 0) is 50.3 Å². The van der Waals surface area contributed by atoms with Crippen molar-refractivity contribution in [1.29, 1.82) is 0 Å². The molecule has 1 amide bonds. The van der Waals surface area contributed by atoms with E-state index < -0.39 is 0 Å². The number of nitrogens with zero attached hydrogens (tertiary/aromatic N) is 1. The van der Waals surface area contributed by atoms with Gasteiger partial charge in [-0.2, -0.15) is 0 Å². The Balaban J connectivity index is 1.61. The van der Waals surface area contributed by atoms with Crippen molar-refractivity contribution in [2.24, 2.45) is 5.41 Å². The van der Waals surface area contributed by atoms with E-state index in [1.807, 2.05) is 0 Å². The molecule has 0 saturated carbocycles. The second kappa shape index (κ2) is 6.88. The van der Waals surface area contributed by atoms with Gasteiger partial charge in [-0.15, -0.1) is 0 Å². The molecular weight excluding hydrogens is 335 g/mol. The highest BCUT2D eigenvalue weighted by atomic mass is 35.5. The lowest BCUT2D eigenvalue weighted by Gasteiger charge is -2.41. The average Bonchev–Trinajstić information content (AvgIpc) is 2.70. The molecule has 23 heavy (non-hydrogen) atoms. The van der Waals surface area contributed by atoms with Crippen molar-refractivity contribution in [3.8, 4) is 5.75 Å². The molecule has 4 nitrogen and oxygen atoms in total. The van der Waals surface area contributed by atoms with Gasteiger partial charge in [-0.3, -0.25) is 9.69 Å². The van der Waals surface area contributed by atoms with Crippen LogP contribution in [0.3, 0.4) is 0 Å². The topological polar surface area (TPSA) is 52.6 Å². The number of likely N-dealkylation sites (tertiary alicyclic amines) is 1. The lowest BCUT2D eigenvalue weighted by Crippen LogP contribution is -2.40. The lowest BCUT2D eigenvalue weighted by atomic mass is 9.73. The summed E-state index contributed by atoms with van der Waals surface area (Å²) in [5.41, 5.74) is 1.11. The van der Waals surface area contributed by atoms with Gasteiger partial charge < -0.3 is 10.4 Å². The number of nitrogens with one attached hydrogen (secondary N) is 1. The molecule has 1 aromatic carbocycles. The van der Waals surface area contributed by atoms with Crippen molar-refractivity contribution in [1.82, 2.24) is 10.2 Å². The van der Waals surface area contributed by atoms with Gasteiger partial charge in [0.2, 0.25) is 5.91 Å². The van der Waals surface area contributed by atoms with E-state index in [2.05, 4.69) is 10.2 Å². The van der Waals surface area contributed by atoms with E-state index in [0.29, 0.717) is 28.4 Å². The van der Waals surface area contributed by atoms with Crippen LogP contribution in [0.15, 0.2) is 12.1 Å². The molecule has 0 aromatic heterocycles. The van der Waals surface area contributed by atoms with Crippen molar-refractivity contribution in [3.63, 3.8) is 0 Å². The van der Waals surface area contributed by atoms with Crippen LogP contribution in [0.4, 0.5) is 0 Å². The number of aromatic hydroxyl groups is 1. The van der Waals surface area contributed by atoms with Crippen molar-refractivity contribution in [2.75, 3.05) is 19.6 Å². The van der Waals surface area contributed by atoms with Gasteiger partial charge in [0.1, 0.15) is 5.75 Å². The van der Waals surface area contributed by atoms with Gasteiger partial charge in [-0.1, -0.05) is 23.2 Å². The molecule has 2 aliphatic heterocycles. The first-order valence-electron chi connectivity index (χ1n) is 8.13. The largest absolute Gasteiger partial charge is 0.508 e. The Morgan fingerprint density at radius 2 is 1.83 bits per heavy atom. The molecule has 0 radical (unpaired) electrons. The number of hydrogen-bond donors (Lipinski definition) is 2. The quantitative estimate of drug-likeness (QED) is 0.851. The van der Waals surface area contributed by atoms with Crippen molar-refractivity contribution in [3.05, 3.63) is 27.7 Å². The maximum absolute atomic E-state index is 11.5. The van der Waals surface area contributed by atoms with E-state index in [9.17, 15) is 9.90 Å². The van der Waals surface area contributed by atoms with E-state index in [-0.39, 0.29) is 11.7 Å². The van der Waals surface area contributed by atoms with Crippen molar-refractivity contribution in [2.45, 2.75) is 38.6 Å². The maximum Gasteiger partial charge on any atom is 0.220 e. The van der Waals surface area contributed by atoms with E-state index in [4.69, 9.17) is 23.2 Å². The Labute approximate surface area is 146 Å². The zero-order valence-corrected chi connectivity index (χ0v) is 14.6. The Hall–Kier alpha value is -0.970. The highest BCUT2D eigenvalue weighted by Crippen LogP contribution is 2.41. The molecule has 2 fully saturated rings. The number of carbonyl (C=O) groups excluding carboxylic acids is 1. The smallest absolute Gasteiger partial charge is 0.220 e. The van der Waals surface area contributed by atoms with Crippen LogP contribution in [-0.2, 0) is 11.3 Å². The standard InChI is InChI=1S/C17H22Cl2N2O2/c18-13-9-12(15(22)10-14(13)19)11-21-7-4-17(5-8-21)2-1-16(23)20-6-3-17/h9-10,22H,1-8,11H2,(H,20,23). The van der Waals surface area contributed by atoms with Crippen LogP contribution >= 0.6 is 23.2 Å². The second-order valence-corrected chi connectivity index (χ2v) is 7.59. The van der Waals surface area contributed by atoms with Crippen LogP contribution in [0, 0.1) is 5.41 Å². The maximum atomic E-state index is 11.5. The molecule has 3 rings (SSSR count). The molecule has 1 spiro atoms. The molecule has 1 aromatic rings. The predicted molar refractivity (Wildman–Crippen MR) is 91.9 cm³/mol. The van der Waals surface area contributed by atoms with Gasteiger partial charge in [-0.25, -0.2) is 0 Å². The molecule has 0 aliphatic carbocycles. The number of phenols is 1. The number of halogens is 2. The number of piperidine rings is 1. The molecule has 2 heterocycles. The molecule has 0 bridgehead atoms. The summed E-state index contributed by atoms with van der Waals surface area (Å²) in [7, 11) is 0. The Morgan fingerprint density at radius 1 is 1.13 bits per heavy atom. The third-order valence-corrected chi connectivity index (χ3v) is 6.01. The third-order valence-electron chi connectivity index (χ3n) is 5.29. The molecule has 2 N–H and O–H groups in total.